The predicted octanol–water partition coefficient (Wildman–Crippen LogP) is 9.51. The van der Waals surface area contributed by atoms with Crippen molar-refractivity contribution in [3.63, 3.8) is 0 Å². The lowest BCUT2D eigenvalue weighted by Crippen LogP contribution is -2.27. The van der Waals surface area contributed by atoms with Crippen LogP contribution in [0.3, 0.4) is 0 Å². The Hall–Kier alpha value is -5.96. The van der Waals surface area contributed by atoms with Crippen LogP contribution in [-0.2, 0) is 0 Å². The summed E-state index contributed by atoms with van der Waals surface area (Å²) in [6.07, 6.45) is 3.75. The van der Waals surface area contributed by atoms with E-state index in [1.54, 1.807) is 6.08 Å². The summed E-state index contributed by atoms with van der Waals surface area (Å²) in [5.41, 5.74) is 9.08. The van der Waals surface area contributed by atoms with Gasteiger partial charge in [0, 0.05) is 27.9 Å². The molecule has 1 aromatic heterocycles. The van der Waals surface area contributed by atoms with Crippen molar-refractivity contribution < 1.29 is 0 Å². The van der Waals surface area contributed by atoms with Crippen molar-refractivity contribution in [3.05, 3.63) is 187 Å². The van der Waals surface area contributed by atoms with Crippen molar-refractivity contribution in [1.82, 2.24) is 9.55 Å². The molecule has 0 saturated heterocycles. The molecule has 48 heavy (non-hydrogen) atoms. The molecule has 1 aliphatic heterocycles. The molecule has 230 valence electrons. The van der Waals surface area contributed by atoms with Crippen LogP contribution in [0.5, 0.6) is 0 Å². The number of fused-ring (bicyclic) bond motifs is 1. The number of benzene rings is 6. The number of para-hydroxylation sites is 3. The quantitative estimate of drug-likeness (QED) is 0.163. The van der Waals surface area contributed by atoms with E-state index in [0.717, 1.165) is 38.9 Å². The lowest BCUT2D eigenvalue weighted by atomic mass is 10.0. The highest BCUT2D eigenvalue weighted by Crippen LogP contribution is 2.65. The van der Waals surface area contributed by atoms with Crippen LogP contribution in [0.2, 0.25) is 0 Å². The van der Waals surface area contributed by atoms with Gasteiger partial charge in [-0.3, -0.25) is 13.9 Å². The Bertz CT molecular complexity index is 2320. The Morgan fingerprint density at radius 2 is 1.02 bits per heavy atom. The highest BCUT2D eigenvalue weighted by molar-refractivity contribution is 7.70. The van der Waals surface area contributed by atoms with Crippen LogP contribution in [0, 0.1) is 0 Å². The number of allylic oxidation sites excluding steroid dienone is 1. The molecule has 0 fully saturated rings. The Kier molecular flexibility index (Phi) is 7.78. The first-order valence-electron chi connectivity index (χ1n) is 16.0. The Balaban J connectivity index is 1.25. The van der Waals surface area contributed by atoms with Crippen LogP contribution in [0.25, 0.3) is 40.9 Å². The maximum Gasteiger partial charge on any atom is 0.145 e. The summed E-state index contributed by atoms with van der Waals surface area (Å²) in [5, 5.41) is 2.93. The molecule has 6 aromatic carbocycles. The van der Waals surface area contributed by atoms with Gasteiger partial charge < -0.3 is 0 Å². The second kappa shape index (κ2) is 12.7. The van der Waals surface area contributed by atoms with E-state index < -0.39 is 8.22 Å². The minimum absolute atomic E-state index is 0.718. The monoisotopic (exact) mass is 636 g/mol. The topological polar surface area (TPSA) is 24.3 Å². The lowest BCUT2D eigenvalue weighted by Gasteiger charge is -2.32. The van der Waals surface area contributed by atoms with Gasteiger partial charge >= 0.3 is 0 Å². The SMILES string of the molecule is C=C/C=c1\c(=C)nc(-c2ccc(-c3ccc4c(c3)N(c3ccccc3)P(c3ccccc3)N4c3ccccc3)cc2)n1-c1ccccc1. The molecule has 0 N–H and O–H groups in total. The Morgan fingerprint density at radius 3 is 1.60 bits per heavy atom. The van der Waals surface area contributed by atoms with E-state index in [1.807, 2.05) is 24.3 Å². The molecule has 7 aromatic rings. The van der Waals surface area contributed by atoms with E-state index in [-0.39, 0.29) is 0 Å². The van der Waals surface area contributed by atoms with Crippen LogP contribution in [0.15, 0.2) is 176 Å². The molecule has 2 heterocycles. The van der Waals surface area contributed by atoms with E-state index in [1.165, 1.54) is 28.1 Å². The van der Waals surface area contributed by atoms with Gasteiger partial charge in [-0.2, -0.15) is 0 Å². The molecule has 4 nitrogen and oxygen atoms in total. The van der Waals surface area contributed by atoms with E-state index >= 15 is 0 Å². The third kappa shape index (κ3) is 5.23. The van der Waals surface area contributed by atoms with Gasteiger partial charge in [-0.15, -0.1) is 0 Å². The van der Waals surface area contributed by atoms with Crippen molar-refractivity contribution in [2.24, 2.45) is 0 Å². The summed E-state index contributed by atoms with van der Waals surface area (Å²) >= 11 is 0. The standard InChI is InChI=1S/C43H33N4P/c1-3-16-40-32(2)44-43(45(40)36-17-8-4-9-18-36)34-27-25-33(26-28-34)35-29-30-41-42(31-35)47(38-21-12-6-13-22-38)48(39-23-14-7-15-24-39)46(41)37-19-10-5-11-20-37/h3-31H,1-2H2/b40-16+. The summed E-state index contributed by atoms with van der Waals surface area (Å²) in [6, 6.07) is 58.2. The molecule has 0 aliphatic carbocycles. The summed E-state index contributed by atoms with van der Waals surface area (Å²) < 4.78 is 7.18. The van der Waals surface area contributed by atoms with E-state index in [0.29, 0.717) is 0 Å². The third-order valence-corrected chi connectivity index (χ3v) is 11.0. The second-order valence-electron chi connectivity index (χ2n) is 11.5. The first-order valence-corrected chi connectivity index (χ1v) is 17.2. The number of hydrogen-bond acceptors (Lipinski definition) is 3. The van der Waals surface area contributed by atoms with Gasteiger partial charge in [-0.05, 0) is 65.7 Å². The normalized spacial score (nSPS) is 14.2. The number of aromatic nitrogens is 2. The second-order valence-corrected chi connectivity index (χ2v) is 13.4. The molecule has 1 atom stereocenters. The first kappa shape index (κ1) is 29.4. The van der Waals surface area contributed by atoms with Gasteiger partial charge in [0.25, 0.3) is 0 Å². The zero-order chi connectivity index (χ0) is 32.5. The molecule has 1 aliphatic rings. The molecular weight excluding hydrogens is 603 g/mol. The zero-order valence-corrected chi connectivity index (χ0v) is 27.3. The van der Waals surface area contributed by atoms with Crippen LogP contribution < -0.4 is 25.3 Å². The summed E-state index contributed by atoms with van der Waals surface area (Å²) in [6.45, 7) is 8.16. The van der Waals surface area contributed by atoms with Crippen molar-refractivity contribution in [2.45, 2.75) is 0 Å². The van der Waals surface area contributed by atoms with Crippen LogP contribution in [-0.4, -0.2) is 9.55 Å². The van der Waals surface area contributed by atoms with Crippen LogP contribution in [0.4, 0.5) is 22.7 Å². The molecule has 8 rings (SSSR count). The molecule has 0 radical (unpaired) electrons. The number of anilines is 4. The first-order chi connectivity index (χ1) is 23.7. The van der Waals surface area contributed by atoms with E-state index in [9.17, 15) is 0 Å². The summed E-state index contributed by atoms with van der Waals surface area (Å²) in [7, 11) is -0.954. The van der Waals surface area contributed by atoms with Crippen molar-refractivity contribution in [3.8, 4) is 28.2 Å². The predicted molar refractivity (Wildman–Crippen MR) is 204 cm³/mol. The molecule has 0 spiro atoms. The minimum atomic E-state index is -0.954. The lowest BCUT2D eigenvalue weighted by molar-refractivity contribution is 1.03. The van der Waals surface area contributed by atoms with E-state index in [4.69, 9.17) is 4.98 Å². The van der Waals surface area contributed by atoms with Crippen molar-refractivity contribution >= 4 is 48.9 Å². The smallest absolute Gasteiger partial charge is 0.145 e. The van der Waals surface area contributed by atoms with Gasteiger partial charge in [0.1, 0.15) is 14.0 Å². The summed E-state index contributed by atoms with van der Waals surface area (Å²) in [4.78, 5) is 4.91. The van der Waals surface area contributed by atoms with Crippen molar-refractivity contribution in [1.29, 1.82) is 0 Å². The van der Waals surface area contributed by atoms with Crippen molar-refractivity contribution in [2.75, 3.05) is 9.34 Å². The number of imidazole rings is 1. The van der Waals surface area contributed by atoms with Crippen LogP contribution >= 0.6 is 8.22 Å². The van der Waals surface area contributed by atoms with Gasteiger partial charge in [-0.1, -0.05) is 134 Å². The highest BCUT2D eigenvalue weighted by Gasteiger charge is 2.39. The molecule has 1 unspecified atom stereocenters. The largest absolute Gasteiger partial charge is 0.297 e. The number of rotatable bonds is 7. The third-order valence-electron chi connectivity index (χ3n) is 8.56. The van der Waals surface area contributed by atoms with Gasteiger partial charge in [-0.25, -0.2) is 4.98 Å². The molecule has 0 saturated carbocycles. The maximum absolute atomic E-state index is 4.91. The average molecular weight is 637 g/mol. The fraction of sp³-hybridized carbons (Fsp3) is 0. The van der Waals surface area contributed by atoms with Gasteiger partial charge in [0.15, 0.2) is 0 Å². The van der Waals surface area contributed by atoms with Gasteiger partial charge in [0.05, 0.1) is 22.1 Å². The average Bonchev–Trinajstić information content (AvgIpc) is 3.67. The Labute approximate surface area is 282 Å². The zero-order valence-electron chi connectivity index (χ0n) is 26.4. The fourth-order valence-corrected chi connectivity index (χ4v) is 8.90. The van der Waals surface area contributed by atoms with Crippen LogP contribution in [0.1, 0.15) is 0 Å². The highest BCUT2D eigenvalue weighted by atomic mass is 31.1. The molecular formula is C43H33N4P. The molecule has 0 amide bonds. The number of nitrogens with zero attached hydrogens (tertiary/aromatic N) is 4. The van der Waals surface area contributed by atoms with Gasteiger partial charge in [0.2, 0.25) is 0 Å². The molecule has 5 heteroatoms. The summed E-state index contributed by atoms with van der Waals surface area (Å²) in [5.74, 6) is 0.849. The Morgan fingerprint density at radius 1 is 0.521 bits per heavy atom. The van der Waals surface area contributed by atoms with E-state index in [2.05, 4.69) is 173 Å². The molecule has 0 bridgehead atoms. The minimum Gasteiger partial charge on any atom is -0.297 e. The maximum atomic E-state index is 4.91. The fourth-order valence-electron chi connectivity index (χ4n) is 6.38. The number of hydrogen-bond donors (Lipinski definition) is 0.